The molecule has 4 aromatic rings. The number of imidazole rings is 2. The summed E-state index contributed by atoms with van der Waals surface area (Å²) < 4.78 is 10.6. The van der Waals surface area contributed by atoms with Crippen LogP contribution >= 0.6 is 42.8 Å². The Morgan fingerprint density at radius 1 is 1.04 bits per heavy atom. The van der Waals surface area contributed by atoms with Crippen LogP contribution in [-0.2, 0) is 7.86 Å². The molecule has 0 amide bonds. The number of para-hydroxylation sites is 1. The first-order valence-corrected chi connectivity index (χ1v) is 12.4. The number of aromatic amines is 1. The van der Waals surface area contributed by atoms with Gasteiger partial charge < -0.3 is 0 Å². The quantitative estimate of drug-likeness (QED) is 0.338. The molecule has 0 saturated heterocycles. The minimum atomic E-state index is -2.12. The molecule has 0 atom stereocenters. The van der Waals surface area contributed by atoms with Crippen LogP contribution < -0.4 is 0 Å². The van der Waals surface area contributed by atoms with E-state index in [0.29, 0.717) is 0 Å². The Labute approximate surface area is 184 Å². The van der Waals surface area contributed by atoms with Crippen molar-refractivity contribution in [1.82, 2.24) is 19.5 Å². The van der Waals surface area contributed by atoms with E-state index in [-0.39, 0.29) is 5.97 Å². The molecule has 0 radical (unpaired) electrons. The van der Waals surface area contributed by atoms with Crippen molar-refractivity contribution in [3.63, 3.8) is 0 Å². The number of carbonyl (C=O) groups excluding carboxylic acids is 1. The number of benzene rings is 2. The van der Waals surface area contributed by atoms with E-state index in [1.54, 1.807) is 12.5 Å². The molecule has 144 valence electrons. The second-order valence-corrected chi connectivity index (χ2v) is 10.8. The molecular weight excluding hydrogens is 582 g/mol. The van der Waals surface area contributed by atoms with E-state index in [1.807, 2.05) is 65.6 Å². The van der Waals surface area contributed by atoms with Gasteiger partial charge in [-0.1, -0.05) is 18.2 Å². The van der Waals surface area contributed by atoms with Gasteiger partial charge in [0, 0.05) is 5.69 Å². The van der Waals surface area contributed by atoms with Crippen LogP contribution in [0.5, 0.6) is 0 Å². The average Bonchev–Trinajstić information content (AvgIpc) is 3.40. The number of nitrogens with one attached hydrogen (secondary N) is 1. The van der Waals surface area contributed by atoms with E-state index in [9.17, 15) is 4.79 Å². The normalized spacial score (nSPS) is 10.6. The van der Waals surface area contributed by atoms with Gasteiger partial charge >= 0.3 is 101 Å². The fraction of sp³-hybridized carbons (Fsp3) is 0.0500. The van der Waals surface area contributed by atoms with E-state index < -0.39 is 20.2 Å². The Kier molecular flexibility index (Phi) is 7.60. The summed E-state index contributed by atoms with van der Waals surface area (Å²) in [7, 11) is 0. The van der Waals surface area contributed by atoms with Crippen molar-refractivity contribution in [1.29, 1.82) is 0 Å². The molecule has 0 aliphatic heterocycles. The molecule has 0 spiro atoms. The summed E-state index contributed by atoms with van der Waals surface area (Å²) in [6, 6.07) is 20.0. The van der Waals surface area contributed by atoms with E-state index in [2.05, 4.69) is 49.7 Å². The second-order valence-electron chi connectivity index (χ2n) is 5.43. The van der Waals surface area contributed by atoms with Gasteiger partial charge in [0.1, 0.15) is 10.0 Å². The van der Waals surface area contributed by atoms with Gasteiger partial charge in [0.25, 0.3) is 0 Å². The van der Waals surface area contributed by atoms with Crippen LogP contribution in [0.2, 0.25) is 0 Å². The Bertz CT molecular complexity index is 990. The van der Waals surface area contributed by atoms with Crippen LogP contribution in [0.25, 0.3) is 5.69 Å². The van der Waals surface area contributed by atoms with Gasteiger partial charge in [-0.15, -0.1) is 0 Å². The maximum Gasteiger partial charge on any atom is 0.104 e. The number of aromatic nitrogens is 4. The van der Waals surface area contributed by atoms with Crippen molar-refractivity contribution in [3.8, 4) is 5.69 Å². The fourth-order valence-electron chi connectivity index (χ4n) is 2.23. The van der Waals surface area contributed by atoms with E-state index >= 15 is 0 Å². The standard InChI is InChI=1S/C11H11IN2O2.C9H7IN2/c1-9(15)16-12(11-7-13-8-14-11)10-5-3-2-4-6-10;10-9-6-11-7-12(9)8-4-2-1-3-5-8/h2-8H,1H3,(H,13,14);1-7H. The van der Waals surface area contributed by atoms with Crippen molar-refractivity contribution >= 4 is 48.8 Å². The summed E-state index contributed by atoms with van der Waals surface area (Å²) in [5.74, 6) is -0.247. The topological polar surface area (TPSA) is 72.8 Å². The van der Waals surface area contributed by atoms with E-state index in [1.165, 1.54) is 6.92 Å². The van der Waals surface area contributed by atoms with Crippen LogP contribution in [0.3, 0.4) is 0 Å². The number of nitrogens with zero attached hydrogens (tertiary/aromatic N) is 3. The maximum atomic E-state index is 11.1. The minimum absolute atomic E-state index is 0.247. The number of halogens is 2. The molecule has 0 aliphatic carbocycles. The van der Waals surface area contributed by atoms with Gasteiger partial charge in [-0.3, -0.25) is 4.57 Å². The number of H-pyrrole nitrogens is 1. The zero-order chi connectivity index (χ0) is 19.8. The molecule has 4 rings (SSSR count). The van der Waals surface area contributed by atoms with Crippen molar-refractivity contribution in [2.75, 3.05) is 0 Å². The summed E-state index contributed by atoms with van der Waals surface area (Å²) in [6.45, 7) is 1.43. The molecule has 28 heavy (non-hydrogen) atoms. The first-order chi connectivity index (χ1) is 13.6. The SMILES string of the molecule is CC(=O)OI(c1ccccc1)c1cnc[nH]1.Ic1cncn1-c1ccccc1. The van der Waals surface area contributed by atoms with Crippen molar-refractivity contribution < 1.29 is 7.86 Å². The molecule has 0 unspecified atom stereocenters. The van der Waals surface area contributed by atoms with Gasteiger partial charge in [0.05, 0.1) is 6.20 Å². The third-order valence-corrected chi connectivity index (χ3v) is 8.75. The number of hydrogen-bond donors (Lipinski definition) is 1. The van der Waals surface area contributed by atoms with Crippen molar-refractivity contribution in [3.05, 3.63) is 96.7 Å². The van der Waals surface area contributed by atoms with E-state index in [0.717, 1.165) is 16.7 Å². The molecule has 2 heterocycles. The van der Waals surface area contributed by atoms with Crippen molar-refractivity contribution in [2.24, 2.45) is 0 Å². The first kappa shape index (κ1) is 20.5. The molecule has 8 heteroatoms. The van der Waals surface area contributed by atoms with Crippen LogP contribution in [-0.4, -0.2) is 25.5 Å². The second kappa shape index (κ2) is 10.4. The third-order valence-electron chi connectivity index (χ3n) is 3.39. The van der Waals surface area contributed by atoms with Gasteiger partial charge in [-0.2, -0.15) is 0 Å². The molecule has 0 aliphatic rings. The molecular formula is C20H18I2N4O2. The summed E-state index contributed by atoms with van der Waals surface area (Å²) in [4.78, 5) is 22.1. The smallest absolute Gasteiger partial charge is 0.104 e. The van der Waals surface area contributed by atoms with E-state index in [4.69, 9.17) is 3.07 Å². The monoisotopic (exact) mass is 600 g/mol. The summed E-state index contributed by atoms with van der Waals surface area (Å²) in [6.07, 6.45) is 6.98. The Morgan fingerprint density at radius 3 is 2.25 bits per heavy atom. The molecule has 0 fully saturated rings. The van der Waals surface area contributed by atoms with Crippen molar-refractivity contribution in [2.45, 2.75) is 6.92 Å². The zero-order valence-corrected chi connectivity index (χ0v) is 19.3. The Morgan fingerprint density at radius 2 is 1.71 bits per heavy atom. The van der Waals surface area contributed by atoms with Crippen LogP contribution in [0.1, 0.15) is 6.92 Å². The molecule has 1 N–H and O–H groups in total. The molecule has 2 aromatic carbocycles. The predicted octanol–water partition coefficient (Wildman–Crippen LogP) is 4.91. The number of carbonyl (C=O) groups is 1. The predicted molar refractivity (Wildman–Crippen MR) is 124 cm³/mol. The summed E-state index contributed by atoms with van der Waals surface area (Å²) in [5, 5.41) is 0. The molecule has 0 saturated carbocycles. The molecule has 2 aromatic heterocycles. The molecule has 0 bridgehead atoms. The summed E-state index contributed by atoms with van der Waals surface area (Å²) in [5.41, 5.74) is 1.15. The Hall–Kier alpha value is -2.21. The summed E-state index contributed by atoms with van der Waals surface area (Å²) >= 11 is 0.139. The van der Waals surface area contributed by atoms with Gasteiger partial charge in [-0.25, -0.2) is 4.98 Å². The van der Waals surface area contributed by atoms with Crippen LogP contribution in [0, 0.1) is 11.0 Å². The van der Waals surface area contributed by atoms with Gasteiger partial charge in [-0.05, 0) is 34.7 Å². The zero-order valence-electron chi connectivity index (χ0n) is 15.0. The Balaban J connectivity index is 0.000000167. The maximum absolute atomic E-state index is 11.1. The largest absolute Gasteiger partial charge is 0.294 e. The number of rotatable bonds is 4. The molecule has 6 nitrogen and oxygen atoms in total. The number of hydrogen-bond acceptors (Lipinski definition) is 4. The van der Waals surface area contributed by atoms with Crippen LogP contribution in [0.4, 0.5) is 0 Å². The first-order valence-electron chi connectivity index (χ1n) is 8.31. The van der Waals surface area contributed by atoms with Gasteiger partial charge in [0.15, 0.2) is 0 Å². The average molecular weight is 600 g/mol. The van der Waals surface area contributed by atoms with Crippen LogP contribution in [0.15, 0.2) is 85.7 Å². The fourth-order valence-corrected chi connectivity index (χ4v) is 6.48. The third kappa shape index (κ3) is 5.64. The minimum Gasteiger partial charge on any atom is -0.294 e. The van der Waals surface area contributed by atoms with Gasteiger partial charge in [0.2, 0.25) is 0 Å².